The van der Waals surface area contributed by atoms with E-state index in [1.165, 1.54) is 43.4 Å². The standard InChI is InChI=1S/C14H21N7OS/c1-9-17-18-11(21(9)2)8-15-13(22)16-14-20-19-12(23-14)10-6-4-3-5-7-10/h10H,3-8H2,1-2H3,(H2,15,16,20,22). The van der Waals surface area contributed by atoms with Crippen LogP contribution in [0.4, 0.5) is 9.93 Å². The monoisotopic (exact) mass is 335 g/mol. The van der Waals surface area contributed by atoms with E-state index in [1.54, 1.807) is 0 Å². The van der Waals surface area contributed by atoms with Crippen molar-refractivity contribution in [3.8, 4) is 0 Å². The van der Waals surface area contributed by atoms with Gasteiger partial charge >= 0.3 is 6.03 Å². The third kappa shape index (κ3) is 3.84. The number of carbonyl (C=O) groups is 1. The number of amides is 2. The molecule has 0 atom stereocenters. The van der Waals surface area contributed by atoms with E-state index in [9.17, 15) is 4.79 Å². The van der Waals surface area contributed by atoms with Crippen molar-refractivity contribution in [3.05, 3.63) is 16.7 Å². The van der Waals surface area contributed by atoms with Crippen LogP contribution >= 0.6 is 11.3 Å². The number of urea groups is 1. The van der Waals surface area contributed by atoms with Crippen LogP contribution in [0.25, 0.3) is 0 Å². The molecule has 2 aromatic rings. The zero-order valence-electron chi connectivity index (χ0n) is 13.4. The van der Waals surface area contributed by atoms with Crippen LogP contribution in [0.15, 0.2) is 0 Å². The van der Waals surface area contributed by atoms with E-state index in [-0.39, 0.29) is 6.03 Å². The number of nitrogens with one attached hydrogen (secondary N) is 2. The molecule has 8 nitrogen and oxygen atoms in total. The van der Waals surface area contributed by atoms with E-state index in [0.29, 0.717) is 23.4 Å². The number of nitrogens with zero attached hydrogens (tertiary/aromatic N) is 5. The average molecular weight is 335 g/mol. The fraction of sp³-hybridized carbons (Fsp3) is 0.643. The average Bonchev–Trinajstić information content (AvgIpc) is 3.15. The predicted molar refractivity (Wildman–Crippen MR) is 87.3 cm³/mol. The molecule has 0 aliphatic heterocycles. The Morgan fingerprint density at radius 3 is 2.70 bits per heavy atom. The quantitative estimate of drug-likeness (QED) is 0.894. The van der Waals surface area contributed by atoms with Gasteiger partial charge in [0.15, 0.2) is 5.82 Å². The van der Waals surface area contributed by atoms with E-state index in [4.69, 9.17) is 0 Å². The van der Waals surface area contributed by atoms with Crippen molar-refractivity contribution in [2.75, 3.05) is 5.32 Å². The Labute approximate surface area is 138 Å². The van der Waals surface area contributed by atoms with Gasteiger partial charge in [0.05, 0.1) is 6.54 Å². The molecule has 23 heavy (non-hydrogen) atoms. The van der Waals surface area contributed by atoms with E-state index in [0.717, 1.165) is 10.8 Å². The van der Waals surface area contributed by atoms with Gasteiger partial charge in [0.2, 0.25) is 5.13 Å². The summed E-state index contributed by atoms with van der Waals surface area (Å²) in [5.41, 5.74) is 0. The highest BCUT2D eigenvalue weighted by atomic mass is 32.1. The van der Waals surface area contributed by atoms with Crippen LogP contribution in [0, 0.1) is 6.92 Å². The van der Waals surface area contributed by atoms with Gasteiger partial charge in [-0.05, 0) is 19.8 Å². The molecule has 2 amide bonds. The highest BCUT2D eigenvalue weighted by Gasteiger charge is 2.20. The summed E-state index contributed by atoms with van der Waals surface area (Å²) in [5.74, 6) is 2.02. The Balaban J connectivity index is 1.51. The van der Waals surface area contributed by atoms with Gasteiger partial charge in [-0.2, -0.15) is 0 Å². The van der Waals surface area contributed by atoms with Gasteiger partial charge in [0.25, 0.3) is 0 Å². The molecule has 0 aromatic carbocycles. The molecule has 124 valence electrons. The van der Waals surface area contributed by atoms with Gasteiger partial charge in [-0.15, -0.1) is 20.4 Å². The van der Waals surface area contributed by atoms with Crippen LogP contribution in [-0.2, 0) is 13.6 Å². The number of aryl methyl sites for hydroxylation is 1. The highest BCUT2D eigenvalue weighted by molar-refractivity contribution is 7.15. The van der Waals surface area contributed by atoms with Crippen LogP contribution in [0.1, 0.15) is 54.7 Å². The molecule has 2 heterocycles. The fourth-order valence-corrected chi connectivity index (χ4v) is 3.61. The SMILES string of the molecule is Cc1nnc(CNC(=O)Nc2nnc(C3CCCCC3)s2)n1C. The number of aromatic nitrogens is 5. The summed E-state index contributed by atoms with van der Waals surface area (Å²) in [4.78, 5) is 11.9. The molecule has 0 spiro atoms. The molecule has 9 heteroatoms. The van der Waals surface area contributed by atoms with Crippen molar-refractivity contribution in [3.63, 3.8) is 0 Å². The van der Waals surface area contributed by atoms with Crippen molar-refractivity contribution in [2.45, 2.75) is 51.5 Å². The summed E-state index contributed by atoms with van der Waals surface area (Å²) >= 11 is 1.47. The summed E-state index contributed by atoms with van der Waals surface area (Å²) in [6, 6.07) is -0.308. The fourth-order valence-electron chi connectivity index (χ4n) is 2.71. The van der Waals surface area contributed by atoms with Crippen LogP contribution in [-0.4, -0.2) is 31.0 Å². The molecule has 3 rings (SSSR count). The maximum Gasteiger partial charge on any atom is 0.321 e. The maximum absolute atomic E-state index is 11.9. The number of hydrogen-bond donors (Lipinski definition) is 2. The minimum atomic E-state index is -0.308. The molecule has 0 bridgehead atoms. The van der Waals surface area contributed by atoms with Crippen molar-refractivity contribution in [2.24, 2.45) is 7.05 Å². The summed E-state index contributed by atoms with van der Waals surface area (Å²) in [5, 5.41) is 23.3. The zero-order valence-corrected chi connectivity index (χ0v) is 14.2. The molecular weight excluding hydrogens is 314 g/mol. The number of hydrogen-bond acceptors (Lipinski definition) is 6. The van der Waals surface area contributed by atoms with Gasteiger partial charge in [0, 0.05) is 13.0 Å². The Bertz CT molecular complexity index is 674. The Kier molecular flexibility index (Phi) is 4.85. The van der Waals surface area contributed by atoms with Crippen molar-refractivity contribution in [1.82, 2.24) is 30.3 Å². The first kappa shape index (κ1) is 15.9. The van der Waals surface area contributed by atoms with Crippen molar-refractivity contribution < 1.29 is 4.79 Å². The lowest BCUT2D eigenvalue weighted by molar-refractivity contribution is 0.251. The van der Waals surface area contributed by atoms with Gasteiger partial charge in [-0.25, -0.2) is 4.79 Å². The van der Waals surface area contributed by atoms with E-state index in [1.807, 2.05) is 18.5 Å². The van der Waals surface area contributed by atoms with Gasteiger partial charge in [-0.1, -0.05) is 30.6 Å². The number of rotatable bonds is 4. The summed E-state index contributed by atoms with van der Waals surface area (Å²) in [6.07, 6.45) is 6.16. The summed E-state index contributed by atoms with van der Waals surface area (Å²) in [6.45, 7) is 2.18. The molecule has 1 saturated carbocycles. The molecule has 1 fully saturated rings. The summed E-state index contributed by atoms with van der Waals surface area (Å²) in [7, 11) is 1.87. The number of anilines is 1. The Morgan fingerprint density at radius 2 is 2.00 bits per heavy atom. The third-order valence-electron chi connectivity index (χ3n) is 4.21. The van der Waals surface area contributed by atoms with E-state index < -0.39 is 0 Å². The van der Waals surface area contributed by atoms with E-state index in [2.05, 4.69) is 31.0 Å². The van der Waals surface area contributed by atoms with Crippen LogP contribution in [0.2, 0.25) is 0 Å². The van der Waals surface area contributed by atoms with Crippen molar-refractivity contribution in [1.29, 1.82) is 0 Å². The lowest BCUT2D eigenvalue weighted by Gasteiger charge is -2.18. The molecule has 2 N–H and O–H groups in total. The first-order valence-corrected chi connectivity index (χ1v) is 8.68. The number of carbonyl (C=O) groups excluding carboxylic acids is 1. The largest absolute Gasteiger partial charge is 0.331 e. The minimum Gasteiger partial charge on any atom is -0.331 e. The lowest BCUT2D eigenvalue weighted by Crippen LogP contribution is -2.29. The normalized spacial score (nSPS) is 15.6. The minimum absolute atomic E-state index is 0.308. The van der Waals surface area contributed by atoms with Crippen molar-refractivity contribution >= 4 is 22.5 Å². The molecule has 0 saturated heterocycles. The molecule has 1 aliphatic rings. The van der Waals surface area contributed by atoms with E-state index >= 15 is 0 Å². The second-order valence-corrected chi connectivity index (χ2v) is 6.82. The predicted octanol–water partition coefficient (Wildman–Crippen LogP) is 2.34. The molecule has 2 aromatic heterocycles. The third-order valence-corrected chi connectivity index (χ3v) is 5.21. The molecule has 0 unspecified atom stereocenters. The zero-order chi connectivity index (χ0) is 16.2. The smallest absolute Gasteiger partial charge is 0.321 e. The Hall–Kier alpha value is -2.03. The Morgan fingerprint density at radius 1 is 1.22 bits per heavy atom. The molecule has 0 radical (unpaired) electrons. The topological polar surface area (TPSA) is 97.6 Å². The second kappa shape index (κ2) is 7.03. The van der Waals surface area contributed by atoms with Crippen LogP contribution in [0.5, 0.6) is 0 Å². The maximum atomic E-state index is 11.9. The molecule has 1 aliphatic carbocycles. The van der Waals surface area contributed by atoms with Crippen LogP contribution < -0.4 is 10.6 Å². The van der Waals surface area contributed by atoms with Gasteiger partial charge in [-0.3, -0.25) is 5.32 Å². The highest BCUT2D eigenvalue weighted by Crippen LogP contribution is 2.35. The second-order valence-electron chi connectivity index (χ2n) is 5.81. The molecular formula is C14H21N7OS. The lowest BCUT2D eigenvalue weighted by atomic mass is 9.90. The first-order chi connectivity index (χ1) is 11.1. The van der Waals surface area contributed by atoms with Gasteiger partial charge < -0.3 is 9.88 Å². The van der Waals surface area contributed by atoms with Gasteiger partial charge in [0.1, 0.15) is 10.8 Å². The van der Waals surface area contributed by atoms with Crippen LogP contribution in [0.3, 0.4) is 0 Å². The first-order valence-electron chi connectivity index (χ1n) is 7.86. The summed E-state index contributed by atoms with van der Waals surface area (Å²) < 4.78 is 1.84.